The Hall–Kier alpha value is -0.240. The summed E-state index contributed by atoms with van der Waals surface area (Å²) in [6, 6.07) is 0. The van der Waals surface area contributed by atoms with Gasteiger partial charge in [0, 0.05) is 11.8 Å². The van der Waals surface area contributed by atoms with Gasteiger partial charge in [-0.05, 0) is 25.7 Å². The van der Waals surface area contributed by atoms with Gasteiger partial charge in [0.1, 0.15) is 0 Å². The minimum atomic E-state index is -0.0229. The van der Waals surface area contributed by atoms with Crippen LogP contribution in [0.25, 0.3) is 0 Å². The van der Waals surface area contributed by atoms with Crippen molar-refractivity contribution in [3.63, 3.8) is 0 Å². The number of rotatable bonds is 3. The molecule has 0 aromatic heterocycles. The summed E-state index contributed by atoms with van der Waals surface area (Å²) in [6.07, 6.45) is 9.30. The monoisotopic (exact) mass is 229 g/mol. The first-order valence-electron chi connectivity index (χ1n) is 6.14. The van der Waals surface area contributed by atoms with E-state index in [1.807, 2.05) is 0 Å². The van der Waals surface area contributed by atoms with Crippen molar-refractivity contribution < 1.29 is 4.79 Å². The molecule has 2 nitrogen and oxygen atoms in total. The van der Waals surface area contributed by atoms with Crippen LogP contribution in [-0.2, 0) is 4.79 Å². The maximum Gasteiger partial charge on any atom is 0.223 e. The van der Waals surface area contributed by atoms with Crippen molar-refractivity contribution in [2.75, 3.05) is 5.88 Å². The Bertz CT molecular complexity index is 230. The molecule has 0 aliphatic heterocycles. The van der Waals surface area contributed by atoms with E-state index in [-0.39, 0.29) is 17.4 Å². The number of amides is 1. The molecular weight excluding hydrogens is 210 g/mol. The lowest BCUT2D eigenvalue weighted by molar-refractivity contribution is -0.126. The Morgan fingerprint density at radius 1 is 1.20 bits per heavy atom. The molecule has 0 radical (unpaired) electrons. The average molecular weight is 230 g/mol. The quantitative estimate of drug-likeness (QED) is 0.585. The normalized spacial score (nSPS) is 25.7. The topological polar surface area (TPSA) is 29.1 Å². The van der Waals surface area contributed by atoms with E-state index in [1.54, 1.807) is 0 Å². The van der Waals surface area contributed by atoms with E-state index < -0.39 is 0 Å². The van der Waals surface area contributed by atoms with Crippen LogP contribution in [0.2, 0.25) is 0 Å². The van der Waals surface area contributed by atoms with Crippen molar-refractivity contribution >= 4 is 17.5 Å². The van der Waals surface area contributed by atoms with Crippen LogP contribution in [0.15, 0.2) is 0 Å². The zero-order chi connectivity index (χ0) is 10.7. The third-order valence-electron chi connectivity index (χ3n) is 3.72. The lowest BCUT2D eigenvalue weighted by atomic mass is 9.99. The van der Waals surface area contributed by atoms with Gasteiger partial charge in [-0.1, -0.05) is 25.7 Å². The van der Waals surface area contributed by atoms with Gasteiger partial charge in [0.15, 0.2) is 0 Å². The van der Waals surface area contributed by atoms with E-state index in [2.05, 4.69) is 5.32 Å². The van der Waals surface area contributed by atoms with Gasteiger partial charge >= 0.3 is 0 Å². The predicted molar refractivity (Wildman–Crippen MR) is 62.0 cm³/mol. The molecule has 2 aliphatic carbocycles. The fourth-order valence-electron chi connectivity index (χ4n) is 2.35. The van der Waals surface area contributed by atoms with Gasteiger partial charge in [-0.25, -0.2) is 0 Å². The second-order valence-electron chi connectivity index (χ2n) is 5.09. The molecule has 15 heavy (non-hydrogen) atoms. The summed E-state index contributed by atoms with van der Waals surface area (Å²) in [5, 5.41) is 3.14. The summed E-state index contributed by atoms with van der Waals surface area (Å²) in [6.45, 7) is 0. The van der Waals surface area contributed by atoms with Crippen molar-refractivity contribution in [1.82, 2.24) is 5.32 Å². The van der Waals surface area contributed by atoms with Gasteiger partial charge < -0.3 is 5.32 Å². The van der Waals surface area contributed by atoms with E-state index in [1.165, 1.54) is 25.7 Å². The lowest BCUT2D eigenvalue weighted by Crippen LogP contribution is -2.41. The summed E-state index contributed by atoms with van der Waals surface area (Å²) >= 11 is 5.86. The highest BCUT2D eigenvalue weighted by Crippen LogP contribution is 2.37. The molecule has 3 heteroatoms. The number of halogens is 1. The Kier molecular flexibility index (Phi) is 3.55. The third-order valence-corrected chi connectivity index (χ3v) is 4.24. The van der Waals surface area contributed by atoms with E-state index in [0.717, 1.165) is 25.7 Å². The van der Waals surface area contributed by atoms with Crippen molar-refractivity contribution in [2.24, 2.45) is 5.92 Å². The maximum absolute atomic E-state index is 12.0. The SMILES string of the molecule is O=C(NC1(CCl)CC1)C1CCCCCC1. The summed E-state index contributed by atoms with van der Waals surface area (Å²) < 4.78 is 0. The van der Waals surface area contributed by atoms with Crippen LogP contribution in [0.1, 0.15) is 51.4 Å². The summed E-state index contributed by atoms with van der Waals surface area (Å²) in [4.78, 5) is 12.0. The fourth-order valence-corrected chi connectivity index (χ4v) is 2.68. The van der Waals surface area contributed by atoms with Gasteiger partial charge in [0.2, 0.25) is 5.91 Å². The highest BCUT2D eigenvalue weighted by Gasteiger charge is 2.44. The van der Waals surface area contributed by atoms with Crippen LogP contribution >= 0.6 is 11.6 Å². The minimum absolute atomic E-state index is 0.0229. The maximum atomic E-state index is 12.0. The molecule has 2 aliphatic rings. The molecular formula is C12H20ClNO. The molecule has 0 spiro atoms. The van der Waals surface area contributed by atoms with Gasteiger partial charge in [-0.15, -0.1) is 11.6 Å². The number of nitrogens with one attached hydrogen (secondary N) is 1. The van der Waals surface area contributed by atoms with Gasteiger partial charge in [0.05, 0.1) is 5.54 Å². The smallest absolute Gasteiger partial charge is 0.223 e. The molecule has 0 saturated heterocycles. The molecule has 2 saturated carbocycles. The molecule has 0 aromatic rings. The summed E-state index contributed by atoms with van der Waals surface area (Å²) in [7, 11) is 0. The minimum Gasteiger partial charge on any atom is -0.349 e. The highest BCUT2D eigenvalue weighted by molar-refractivity contribution is 6.19. The van der Waals surface area contributed by atoms with E-state index in [4.69, 9.17) is 11.6 Å². The fraction of sp³-hybridized carbons (Fsp3) is 0.917. The van der Waals surface area contributed by atoms with Crippen molar-refractivity contribution in [3.05, 3.63) is 0 Å². The molecule has 1 amide bonds. The van der Waals surface area contributed by atoms with Crippen LogP contribution in [0.4, 0.5) is 0 Å². The highest BCUT2D eigenvalue weighted by atomic mass is 35.5. The molecule has 0 atom stereocenters. The predicted octanol–water partition coefficient (Wildman–Crippen LogP) is 2.84. The first-order valence-corrected chi connectivity index (χ1v) is 6.67. The summed E-state index contributed by atoms with van der Waals surface area (Å²) in [5.74, 6) is 1.09. The molecule has 0 aromatic carbocycles. The molecule has 2 fully saturated rings. The van der Waals surface area contributed by atoms with Crippen LogP contribution in [0.5, 0.6) is 0 Å². The Labute approximate surface area is 96.8 Å². The third kappa shape index (κ3) is 2.87. The van der Waals surface area contributed by atoms with Crippen LogP contribution in [0.3, 0.4) is 0 Å². The average Bonchev–Trinajstić information content (AvgIpc) is 3.00. The molecule has 0 unspecified atom stereocenters. The second kappa shape index (κ2) is 4.73. The summed E-state index contributed by atoms with van der Waals surface area (Å²) in [5.41, 5.74) is -0.0229. The number of hydrogen-bond donors (Lipinski definition) is 1. The molecule has 1 N–H and O–H groups in total. The first kappa shape index (κ1) is 11.3. The van der Waals surface area contributed by atoms with E-state index in [9.17, 15) is 4.79 Å². The number of carbonyl (C=O) groups is 1. The van der Waals surface area contributed by atoms with Gasteiger partial charge in [-0.3, -0.25) is 4.79 Å². The van der Waals surface area contributed by atoms with Gasteiger partial charge in [-0.2, -0.15) is 0 Å². The van der Waals surface area contributed by atoms with Crippen molar-refractivity contribution in [3.8, 4) is 0 Å². The standard InChI is InChI=1S/C12H20ClNO/c13-9-12(7-8-12)14-11(15)10-5-3-1-2-4-6-10/h10H,1-9H2,(H,14,15). The van der Waals surface area contributed by atoms with E-state index >= 15 is 0 Å². The van der Waals surface area contributed by atoms with Crippen molar-refractivity contribution in [1.29, 1.82) is 0 Å². The number of hydrogen-bond acceptors (Lipinski definition) is 1. The number of carbonyl (C=O) groups excluding carboxylic acids is 1. The zero-order valence-electron chi connectivity index (χ0n) is 9.23. The lowest BCUT2D eigenvalue weighted by Gasteiger charge is -2.19. The Balaban J connectivity index is 1.83. The van der Waals surface area contributed by atoms with Crippen LogP contribution in [0, 0.1) is 5.92 Å². The first-order chi connectivity index (χ1) is 7.26. The van der Waals surface area contributed by atoms with Crippen LogP contribution < -0.4 is 5.32 Å². The largest absolute Gasteiger partial charge is 0.349 e. The Morgan fingerprint density at radius 2 is 1.80 bits per heavy atom. The van der Waals surface area contributed by atoms with Crippen LogP contribution in [-0.4, -0.2) is 17.3 Å². The molecule has 0 bridgehead atoms. The molecule has 86 valence electrons. The van der Waals surface area contributed by atoms with E-state index in [0.29, 0.717) is 5.88 Å². The Morgan fingerprint density at radius 3 is 2.27 bits per heavy atom. The van der Waals surface area contributed by atoms with Gasteiger partial charge in [0.25, 0.3) is 0 Å². The second-order valence-corrected chi connectivity index (χ2v) is 5.36. The number of alkyl halides is 1. The molecule has 2 rings (SSSR count). The molecule has 0 heterocycles. The van der Waals surface area contributed by atoms with Crippen molar-refractivity contribution in [2.45, 2.75) is 56.9 Å². The zero-order valence-corrected chi connectivity index (χ0v) is 9.98.